The summed E-state index contributed by atoms with van der Waals surface area (Å²) < 4.78 is 0. The number of hydrogen-bond acceptors (Lipinski definition) is 1. The van der Waals surface area contributed by atoms with E-state index in [9.17, 15) is 0 Å². The molecule has 0 bridgehead atoms. The van der Waals surface area contributed by atoms with E-state index < -0.39 is 0 Å². The SMILES string of the molecule is CN=C(NCC1CCCc2ccccc21)NC1CC1C.I. The maximum atomic E-state index is 4.34. The van der Waals surface area contributed by atoms with Gasteiger partial charge in [-0.2, -0.15) is 0 Å². The van der Waals surface area contributed by atoms with Gasteiger partial charge in [0, 0.05) is 25.6 Å². The van der Waals surface area contributed by atoms with E-state index in [0.29, 0.717) is 12.0 Å². The zero-order valence-electron chi connectivity index (χ0n) is 12.9. The first-order chi connectivity index (χ1) is 9.78. The van der Waals surface area contributed by atoms with Crippen LogP contribution in [-0.4, -0.2) is 25.6 Å². The predicted molar refractivity (Wildman–Crippen MR) is 99.6 cm³/mol. The maximum absolute atomic E-state index is 4.34. The average molecular weight is 399 g/mol. The molecule has 116 valence electrons. The highest BCUT2D eigenvalue weighted by atomic mass is 127. The summed E-state index contributed by atoms with van der Waals surface area (Å²) in [5.74, 6) is 2.38. The molecule has 0 amide bonds. The van der Waals surface area contributed by atoms with E-state index in [0.717, 1.165) is 18.4 Å². The van der Waals surface area contributed by atoms with Crippen LogP contribution in [0.15, 0.2) is 29.3 Å². The Hall–Kier alpha value is -0.780. The molecule has 3 atom stereocenters. The minimum absolute atomic E-state index is 0. The van der Waals surface area contributed by atoms with Crippen LogP contribution in [0.3, 0.4) is 0 Å². The van der Waals surface area contributed by atoms with E-state index in [-0.39, 0.29) is 24.0 Å². The minimum Gasteiger partial charge on any atom is -0.356 e. The summed E-state index contributed by atoms with van der Waals surface area (Å²) in [7, 11) is 1.86. The fourth-order valence-corrected chi connectivity index (χ4v) is 3.18. The molecule has 21 heavy (non-hydrogen) atoms. The Bertz CT molecular complexity index is 501. The standard InChI is InChI=1S/C17H25N3.HI/c1-12-10-16(12)20-17(18-2)19-11-14-8-5-7-13-6-3-4-9-15(13)14;/h3-4,6,9,12,14,16H,5,7-8,10-11H2,1-2H3,(H2,18,19,20);1H. The zero-order chi connectivity index (χ0) is 13.9. The molecule has 3 nitrogen and oxygen atoms in total. The Labute approximate surface area is 145 Å². The average Bonchev–Trinajstić information content (AvgIpc) is 3.18. The van der Waals surface area contributed by atoms with Crippen molar-refractivity contribution in [2.75, 3.05) is 13.6 Å². The second-order valence-electron chi connectivity index (χ2n) is 6.20. The van der Waals surface area contributed by atoms with E-state index in [1.165, 1.54) is 36.8 Å². The molecule has 0 heterocycles. The number of nitrogens with zero attached hydrogens (tertiary/aromatic N) is 1. The molecule has 3 unspecified atom stereocenters. The van der Waals surface area contributed by atoms with Crippen LogP contribution in [0.4, 0.5) is 0 Å². The smallest absolute Gasteiger partial charge is 0.191 e. The Morgan fingerprint density at radius 1 is 1.33 bits per heavy atom. The van der Waals surface area contributed by atoms with Crippen molar-refractivity contribution in [3.63, 3.8) is 0 Å². The molecule has 1 saturated carbocycles. The molecule has 0 radical (unpaired) electrons. The predicted octanol–water partition coefficient (Wildman–Crippen LogP) is 3.30. The first-order valence-electron chi connectivity index (χ1n) is 7.83. The van der Waals surface area contributed by atoms with E-state index in [1.807, 2.05) is 7.05 Å². The van der Waals surface area contributed by atoms with Gasteiger partial charge in [-0.15, -0.1) is 24.0 Å². The molecule has 2 N–H and O–H groups in total. The topological polar surface area (TPSA) is 36.4 Å². The monoisotopic (exact) mass is 399 g/mol. The van der Waals surface area contributed by atoms with Crippen molar-refractivity contribution in [2.24, 2.45) is 10.9 Å². The summed E-state index contributed by atoms with van der Waals surface area (Å²) in [5.41, 5.74) is 3.06. The highest BCUT2D eigenvalue weighted by Gasteiger charge is 2.33. The Balaban J connectivity index is 0.00000161. The van der Waals surface area contributed by atoms with Crippen LogP contribution in [0.1, 0.15) is 43.2 Å². The van der Waals surface area contributed by atoms with Gasteiger partial charge in [0.2, 0.25) is 0 Å². The summed E-state index contributed by atoms with van der Waals surface area (Å²) in [5, 5.41) is 7.00. The van der Waals surface area contributed by atoms with Crippen molar-refractivity contribution in [3.05, 3.63) is 35.4 Å². The summed E-state index contributed by atoms with van der Waals surface area (Å²) in [6, 6.07) is 9.51. The Kier molecular flexibility index (Phi) is 5.90. The summed E-state index contributed by atoms with van der Waals surface area (Å²) >= 11 is 0. The molecule has 4 heteroatoms. The van der Waals surface area contributed by atoms with Crippen molar-refractivity contribution in [2.45, 2.75) is 44.6 Å². The second kappa shape index (κ2) is 7.47. The highest BCUT2D eigenvalue weighted by Crippen LogP contribution is 2.31. The number of hydrogen-bond donors (Lipinski definition) is 2. The highest BCUT2D eigenvalue weighted by molar-refractivity contribution is 14.0. The molecule has 2 aliphatic rings. The van der Waals surface area contributed by atoms with Crippen molar-refractivity contribution in [1.29, 1.82) is 0 Å². The molecule has 0 aromatic heterocycles. The quantitative estimate of drug-likeness (QED) is 0.465. The fraction of sp³-hybridized carbons (Fsp3) is 0.588. The lowest BCUT2D eigenvalue weighted by Crippen LogP contribution is -2.41. The fourth-order valence-electron chi connectivity index (χ4n) is 3.18. The third kappa shape index (κ3) is 4.11. The van der Waals surface area contributed by atoms with E-state index in [4.69, 9.17) is 0 Å². The molecule has 1 fully saturated rings. The Morgan fingerprint density at radius 2 is 2.10 bits per heavy atom. The van der Waals surface area contributed by atoms with Crippen LogP contribution < -0.4 is 10.6 Å². The molecule has 1 aromatic carbocycles. The van der Waals surface area contributed by atoms with Crippen LogP contribution in [0.5, 0.6) is 0 Å². The van der Waals surface area contributed by atoms with E-state index >= 15 is 0 Å². The largest absolute Gasteiger partial charge is 0.356 e. The van der Waals surface area contributed by atoms with Gasteiger partial charge in [-0.3, -0.25) is 4.99 Å². The first kappa shape index (κ1) is 16.6. The van der Waals surface area contributed by atoms with Crippen LogP contribution in [0.2, 0.25) is 0 Å². The first-order valence-corrected chi connectivity index (χ1v) is 7.83. The van der Waals surface area contributed by atoms with Gasteiger partial charge in [-0.25, -0.2) is 0 Å². The molecule has 3 rings (SSSR count). The lowest BCUT2D eigenvalue weighted by molar-refractivity contribution is 0.539. The number of guanidine groups is 1. The normalized spacial score (nSPS) is 27.3. The van der Waals surface area contributed by atoms with Gasteiger partial charge in [-0.1, -0.05) is 31.2 Å². The number of halogens is 1. The number of aryl methyl sites for hydroxylation is 1. The molecule has 0 spiro atoms. The number of rotatable bonds is 3. The number of fused-ring (bicyclic) bond motifs is 1. The van der Waals surface area contributed by atoms with E-state index in [1.54, 1.807) is 0 Å². The lowest BCUT2D eigenvalue weighted by atomic mass is 9.83. The summed E-state index contributed by atoms with van der Waals surface area (Å²) in [6.07, 6.45) is 5.09. The molecule has 0 aliphatic heterocycles. The van der Waals surface area contributed by atoms with E-state index in [2.05, 4.69) is 46.8 Å². The van der Waals surface area contributed by atoms with Crippen LogP contribution in [0, 0.1) is 5.92 Å². The number of aliphatic imine (C=N–C) groups is 1. The van der Waals surface area contributed by atoms with Gasteiger partial charge in [0.05, 0.1) is 0 Å². The second-order valence-corrected chi connectivity index (χ2v) is 6.20. The van der Waals surface area contributed by atoms with Gasteiger partial charge in [0.1, 0.15) is 0 Å². The number of nitrogens with one attached hydrogen (secondary N) is 2. The van der Waals surface area contributed by atoms with Crippen molar-refractivity contribution >= 4 is 29.9 Å². The van der Waals surface area contributed by atoms with Gasteiger partial charge in [-0.05, 0) is 42.7 Å². The van der Waals surface area contributed by atoms with Crippen LogP contribution in [-0.2, 0) is 6.42 Å². The summed E-state index contributed by atoms with van der Waals surface area (Å²) in [6.45, 7) is 3.26. The maximum Gasteiger partial charge on any atom is 0.191 e. The molecule has 1 aromatic rings. The molecular weight excluding hydrogens is 373 g/mol. The minimum atomic E-state index is 0. The van der Waals surface area contributed by atoms with Crippen molar-refractivity contribution in [3.8, 4) is 0 Å². The zero-order valence-corrected chi connectivity index (χ0v) is 15.3. The van der Waals surface area contributed by atoms with Gasteiger partial charge >= 0.3 is 0 Å². The van der Waals surface area contributed by atoms with Crippen LogP contribution in [0.25, 0.3) is 0 Å². The Morgan fingerprint density at radius 3 is 2.81 bits per heavy atom. The summed E-state index contributed by atoms with van der Waals surface area (Å²) in [4.78, 5) is 4.34. The lowest BCUT2D eigenvalue weighted by Gasteiger charge is -2.26. The molecule has 0 saturated heterocycles. The van der Waals surface area contributed by atoms with Gasteiger partial charge < -0.3 is 10.6 Å². The third-order valence-electron chi connectivity index (χ3n) is 4.66. The number of benzene rings is 1. The molecular formula is C17H26IN3. The van der Waals surface area contributed by atoms with Crippen LogP contribution >= 0.6 is 24.0 Å². The van der Waals surface area contributed by atoms with Crippen molar-refractivity contribution in [1.82, 2.24) is 10.6 Å². The van der Waals surface area contributed by atoms with Gasteiger partial charge in [0.25, 0.3) is 0 Å². The van der Waals surface area contributed by atoms with Crippen molar-refractivity contribution < 1.29 is 0 Å². The third-order valence-corrected chi connectivity index (χ3v) is 4.66. The molecule has 2 aliphatic carbocycles. The van der Waals surface area contributed by atoms with Gasteiger partial charge in [0.15, 0.2) is 5.96 Å².